The third-order valence-corrected chi connectivity index (χ3v) is 3.16. The third kappa shape index (κ3) is 2.21. The number of nitrogens with one attached hydrogen (secondary N) is 2. The Morgan fingerprint density at radius 2 is 2.05 bits per heavy atom. The number of aryl methyl sites for hydroxylation is 1. The van der Waals surface area contributed by atoms with E-state index in [2.05, 4.69) is 15.3 Å². The fourth-order valence-electron chi connectivity index (χ4n) is 2.06. The fraction of sp³-hybridized carbons (Fsp3) is 0.0667. The van der Waals surface area contributed by atoms with Crippen LogP contribution in [0.5, 0.6) is 0 Å². The van der Waals surface area contributed by atoms with Gasteiger partial charge in [-0.2, -0.15) is 0 Å². The van der Waals surface area contributed by atoms with Crippen LogP contribution >= 0.6 is 0 Å². The Kier molecular flexibility index (Phi) is 2.87. The summed E-state index contributed by atoms with van der Waals surface area (Å²) in [6.45, 7) is 2.02. The molecule has 0 aliphatic carbocycles. The van der Waals surface area contributed by atoms with E-state index in [1.807, 2.05) is 31.2 Å². The zero-order valence-corrected chi connectivity index (χ0v) is 11.0. The highest BCUT2D eigenvalue weighted by atomic mass is 16.1. The summed E-state index contributed by atoms with van der Waals surface area (Å²) in [6, 6.07) is 13.1. The molecule has 1 aromatic heterocycles. The standard InChI is InChI=1S/C15H14N4O/c1-9-4-2-3-5-11(9)17-15-18-12-7-6-10(14(16)20)8-13(12)19-15/h2-8H,1H3,(H2,16,20)(H2,17,18,19). The van der Waals surface area contributed by atoms with Gasteiger partial charge < -0.3 is 16.0 Å². The number of benzene rings is 2. The van der Waals surface area contributed by atoms with E-state index in [9.17, 15) is 4.79 Å². The minimum absolute atomic E-state index is 0.449. The van der Waals surface area contributed by atoms with Gasteiger partial charge >= 0.3 is 0 Å². The number of amides is 1. The Morgan fingerprint density at radius 1 is 1.25 bits per heavy atom. The summed E-state index contributed by atoms with van der Waals surface area (Å²) in [5.41, 5.74) is 9.40. The molecule has 100 valence electrons. The molecule has 1 amide bonds. The van der Waals surface area contributed by atoms with Gasteiger partial charge in [0.1, 0.15) is 0 Å². The first-order valence-corrected chi connectivity index (χ1v) is 6.26. The number of carbonyl (C=O) groups excluding carboxylic acids is 1. The molecular weight excluding hydrogens is 252 g/mol. The number of para-hydroxylation sites is 1. The van der Waals surface area contributed by atoms with Gasteiger partial charge in [-0.05, 0) is 36.8 Å². The summed E-state index contributed by atoms with van der Waals surface area (Å²) in [5, 5.41) is 3.23. The highest BCUT2D eigenvalue weighted by molar-refractivity contribution is 5.96. The number of anilines is 2. The molecule has 0 aliphatic rings. The van der Waals surface area contributed by atoms with Crippen molar-refractivity contribution in [3.8, 4) is 0 Å². The molecule has 4 N–H and O–H groups in total. The lowest BCUT2D eigenvalue weighted by Gasteiger charge is -2.05. The lowest BCUT2D eigenvalue weighted by molar-refractivity contribution is 0.100. The van der Waals surface area contributed by atoms with E-state index >= 15 is 0 Å². The maximum absolute atomic E-state index is 11.2. The van der Waals surface area contributed by atoms with Gasteiger partial charge in [0.2, 0.25) is 11.9 Å². The average Bonchev–Trinajstić information content (AvgIpc) is 2.82. The minimum Gasteiger partial charge on any atom is -0.366 e. The number of fused-ring (bicyclic) bond motifs is 1. The topological polar surface area (TPSA) is 83.8 Å². The van der Waals surface area contributed by atoms with Gasteiger partial charge in [-0.1, -0.05) is 18.2 Å². The number of aromatic amines is 1. The predicted octanol–water partition coefficient (Wildman–Crippen LogP) is 2.71. The van der Waals surface area contributed by atoms with Gasteiger partial charge in [0.05, 0.1) is 11.0 Å². The number of hydrogen-bond acceptors (Lipinski definition) is 3. The van der Waals surface area contributed by atoms with Crippen LogP contribution in [0.2, 0.25) is 0 Å². The average molecular weight is 266 g/mol. The molecule has 0 bridgehead atoms. The molecule has 1 heterocycles. The summed E-state index contributed by atoms with van der Waals surface area (Å²) >= 11 is 0. The van der Waals surface area contributed by atoms with Crippen molar-refractivity contribution in [3.05, 3.63) is 53.6 Å². The van der Waals surface area contributed by atoms with Gasteiger partial charge in [-0.15, -0.1) is 0 Å². The molecule has 0 spiro atoms. The van der Waals surface area contributed by atoms with Crippen LogP contribution in [0.15, 0.2) is 42.5 Å². The van der Waals surface area contributed by atoms with E-state index < -0.39 is 5.91 Å². The lowest BCUT2D eigenvalue weighted by Crippen LogP contribution is -2.10. The smallest absolute Gasteiger partial charge is 0.248 e. The largest absolute Gasteiger partial charge is 0.366 e. The van der Waals surface area contributed by atoms with Crippen LogP contribution in [0, 0.1) is 6.92 Å². The normalized spacial score (nSPS) is 10.7. The first kappa shape index (κ1) is 12.2. The van der Waals surface area contributed by atoms with E-state index in [4.69, 9.17) is 5.73 Å². The number of hydrogen-bond donors (Lipinski definition) is 3. The van der Waals surface area contributed by atoms with Gasteiger partial charge in [0, 0.05) is 11.3 Å². The van der Waals surface area contributed by atoms with Crippen molar-refractivity contribution in [3.63, 3.8) is 0 Å². The number of rotatable bonds is 3. The zero-order chi connectivity index (χ0) is 14.1. The molecule has 3 rings (SSSR count). The van der Waals surface area contributed by atoms with Crippen LogP contribution in [0.3, 0.4) is 0 Å². The molecule has 0 saturated carbocycles. The second-order valence-electron chi connectivity index (χ2n) is 4.62. The molecule has 5 heteroatoms. The Balaban J connectivity index is 1.97. The van der Waals surface area contributed by atoms with Crippen LogP contribution in [0.25, 0.3) is 11.0 Å². The molecule has 0 saturated heterocycles. The number of primary amides is 1. The summed E-state index contributed by atoms with van der Waals surface area (Å²) in [7, 11) is 0. The van der Waals surface area contributed by atoms with Crippen molar-refractivity contribution >= 4 is 28.6 Å². The van der Waals surface area contributed by atoms with Gasteiger partial charge in [0.15, 0.2) is 0 Å². The van der Waals surface area contributed by atoms with E-state index in [1.165, 1.54) is 0 Å². The second-order valence-corrected chi connectivity index (χ2v) is 4.62. The Morgan fingerprint density at radius 3 is 2.80 bits per heavy atom. The van der Waals surface area contributed by atoms with E-state index in [-0.39, 0.29) is 0 Å². The first-order valence-electron chi connectivity index (χ1n) is 6.26. The summed E-state index contributed by atoms with van der Waals surface area (Å²) in [5.74, 6) is 0.186. The number of nitrogens with two attached hydrogens (primary N) is 1. The van der Waals surface area contributed by atoms with Crippen molar-refractivity contribution in [2.45, 2.75) is 6.92 Å². The molecule has 0 radical (unpaired) electrons. The van der Waals surface area contributed by atoms with Crippen LogP contribution in [0.1, 0.15) is 15.9 Å². The fourth-order valence-corrected chi connectivity index (χ4v) is 2.06. The van der Waals surface area contributed by atoms with E-state index in [0.717, 1.165) is 22.3 Å². The molecule has 2 aromatic carbocycles. The Labute approximate surface area is 115 Å². The van der Waals surface area contributed by atoms with Gasteiger partial charge in [0.25, 0.3) is 0 Å². The zero-order valence-electron chi connectivity index (χ0n) is 11.0. The predicted molar refractivity (Wildman–Crippen MR) is 79.1 cm³/mol. The minimum atomic E-state index is -0.449. The quantitative estimate of drug-likeness (QED) is 0.681. The van der Waals surface area contributed by atoms with Crippen molar-refractivity contribution in [2.75, 3.05) is 5.32 Å². The third-order valence-electron chi connectivity index (χ3n) is 3.16. The Hall–Kier alpha value is -2.82. The number of nitrogens with zero attached hydrogens (tertiary/aromatic N) is 1. The van der Waals surface area contributed by atoms with Crippen LogP contribution in [-0.4, -0.2) is 15.9 Å². The van der Waals surface area contributed by atoms with Crippen molar-refractivity contribution in [2.24, 2.45) is 5.73 Å². The molecule has 20 heavy (non-hydrogen) atoms. The number of imidazole rings is 1. The van der Waals surface area contributed by atoms with Gasteiger partial charge in [-0.25, -0.2) is 4.98 Å². The number of carbonyl (C=O) groups is 1. The number of aromatic nitrogens is 2. The van der Waals surface area contributed by atoms with Crippen LogP contribution in [0.4, 0.5) is 11.6 Å². The molecule has 0 atom stereocenters. The van der Waals surface area contributed by atoms with Gasteiger partial charge in [-0.3, -0.25) is 4.79 Å². The molecule has 3 aromatic rings. The highest BCUT2D eigenvalue weighted by Gasteiger charge is 2.07. The molecule has 0 fully saturated rings. The van der Waals surface area contributed by atoms with Crippen LogP contribution in [-0.2, 0) is 0 Å². The molecular formula is C15H14N4O. The van der Waals surface area contributed by atoms with Crippen LogP contribution < -0.4 is 11.1 Å². The van der Waals surface area contributed by atoms with E-state index in [1.54, 1.807) is 18.2 Å². The summed E-state index contributed by atoms with van der Waals surface area (Å²) in [4.78, 5) is 18.7. The van der Waals surface area contributed by atoms with E-state index in [0.29, 0.717) is 11.5 Å². The molecule has 0 unspecified atom stereocenters. The second kappa shape index (κ2) is 4.70. The van der Waals surface area contributed by atoms with Crippen molar-refractivity contribution in [1.82, 2.24) is 9.97 Å². The monoisotopic (exact) mass is 266 g/mol. The molecule has 0 aliphatic heterocycles. The SMILES string of the molecule is Cc1ccccc1Nc1nc2ccc(C(N)=O)cc2[nH]1. The summed E-state index contributed by atoms with van der Waals surface area (Å²) < 4.78 is 0. The summed E-state index contributed by atoms with van der Waals surface area (Å²) in [6.07, 6.45) is 0. The Bertz CT molecular complexity index is 791. The maximum atomic E-state index is 11.2. The first-order chi connectivity index (χ1) is 9.63. The highest BCUT2D eigenvalue weighted by Crippen LogP contribution is 2.21. The van der Waals surface area contributed by atoms with Crippen molar-refractivity contribution < 1.29 is 4.79 Å². The maximum Gasteiger partial charge on any atom is 0.248 e. The molecule has 5 nitrogen and oxygen atoms in total. The van der Waals surface area contributed by atoms with Crippen molar-refractivity contribution in [1.29, 1.82) is 0 Å². The number of H-pyrrole nitrogens is 1. The lowest BCUT2D eigenvalue weighted by atomic mass is 10.2.